The van der Waals surface area contributed by atoms with Gasteiger partial charge in [0.2, 0.25) is 11.0 Å². The van der Waals surface area contributed by atoms with Gasteiger partial charge in [-0.15, -0.1) is 10.2 Å². The molecule has 3 N–H and O–H groups in total. The average Bonchev–Trinajstić information content (AvgIpc) is 2.89. The van der Waals surface area contributed by atoms with E-state index in [0.717, 1.165) is 32.0 Å². The number of nitrogens with two attached hydrogens (primary N) is 1. The van der Waals surface area contributed by atoms with Gasteiger partial charge < -0.3 is 16.0 Å². The lowest BCUT2D eigenvalue weighted by Gasteiger charge is -2.18. The number of aromatic nitrogens is 2. The number of carbonyl (C=O) groups is 1. The molecule has 0 saturated carbocycles. The fourth-order valence-electron chi connectivity index (χ4n) is 2.03. The molecule has 2 aromatic rings. The topological polar surface area (TPSA) is 84.1 Å². The van der Waals surface area contributed by atoms with Crippen LogP contribution in [-0.2, 0) is 11.2 Å². The summed E-state index contributed by atoms with van der Waals surface area (Å²) in [4.78, 5) is 14.3. The number of benzene rings is 1. The number of fused-ring (bicyclic) bond motifs is 1. The summed E-state index contributed by atoms with van der Waals surface area (Å²) in [5, 5.41) is 12.0. The molecule has 0 atom stereocenters. The van der Waals surface area contributed by atoms with Crippen molar-refractivity contribution in [2.45, 2.75) is 22.1 Å². The molecule has 0 unspecified atom stereocenters. The van der Waals surface area contributed by atoms with Crippen molar-refractivity contribution in [1.29, 1.82) is 0 Å². The Balaban J connectivity index is 1.88. The summed E-state index contributed by atoms with van der Waals surface area (Å²) < 4.78 is 0.826. The molecule has 1 aliphatic rings. The van der Waals surface area contributed by atoms with Gasteiger partial charge in [-0.25, -0.2) is 0 Å². The number of nitrogens with zero attached hydrogens (tertiary/aromatic N) is 3. The second-order valence-electron chi connectivity index (χ2n) is 4.94. The smallest absolute Gasteiger partial charge is 0.224 e. The fraction of sp³-hybridized carbons (Fsp3) is 0.308. The predicted octanol–water partition coefficient (Wildman–Crippen LogP) is 2.22. The molecule has 21 heavy (non-hydrogen) atoms. The minimum absolute atomic E-state index is 0.0500. The second kappa shape index (κ2) is 5.53. The third kappa shape index (κ3) is 2.96. The molecule has 110 valence electrons. The van der Waals surface area contributed by atoms with E-state index in [0.29, 0.717) is 12.1 Å². The lowest BCUT2D eigenvalue weighted by molar-refractivity contribution is -0.116. The third-order valence-corrected chi connectivity index (χ3v) is 5.32. The molecule has 1 aromatic heterocycles. The second-order valence-corrected chi connectivity index (χ2v) is 7.19. The van der Waals surface area contributed by atoms with Crippen LogP contribution >= 0.6 is 23.1 Å². The predicted molar refractivity (Wildman–Crippen MR) is 86.2 cm³/mol. The summed E-state index contributed by atoms with van der Waals surface area (Å²) in [6, 6.07) is 3.86. The minimum atomic E-state index is 0.0500. The van der Waals surface area contributed by atoms with Crippen molar-refractivity contribution < 1.29 is 4.79 Å². The number of aryl methyl sites for hydroxylation is 1. The van der Waals surface area contributed by atoms with E-state index >= 15 is 0 Å². The van der Waals surface area contributed by atoms with Crippen LogP contribution in [0.1, 0.15) is 12.0 Å². The molecule has 6 nitrogen and oxygen atoms in total. The van der Waals surface area contributed by atoms with E-state index in [-0.39, 0.29) is 5.91 Å². The van der Waals surface area contributed by atoms with E-state index in [1.54, 1.807) is 0 Å². The average molecular weight is 321 g/mol. The van der Waals surface area contributed by atoms with Crippen molar-refractivity contribution in [1.82, 2.24) is 10.2 Å². The van der Waals surface area contributed by atoms with Crippen molar-refractivity contribution in [2.75, 3.05) is 30.0 Å². The number of nitrogen functional groups attached to an aromatic ring is 1. The zero-order valence-electron chi connectivity index (χ0n) is 11.7. The van der Waals surface area contributed by atoms with Crippen molar-refractivity contribution in [3.63, 3.8) is 0 Å². The molecule has 0 spiro atoms. The van der Waals surface area contributed by atoms with Crippen LogP contribution in [0.4, 0.5) is 16.5 Å². The molecule has 1 aromatic carbocycles. The van der Waals surface area contributed by atoms with Crippen LogP contribution < -0.4 is 16.0 Å². The highest BCUT2D eigenvalue weighted by atomic mass is 32.2. The van der Waals surface area contributed by atoms with Gasteiger partial charge in [0.25, 0.3) is 0 Å². The number of hydrogen-bond donors (Lipinski definition) is 2. The molecule has 0 radical (unpaired) electrons. The van der Waals surface area contributed by atoms with E-state index in [4.69, 9.17) is 5.73 Å². The maximum Gasteiger partial charge on any atom is 0.224 e. The molecule has 3 rings (SSSR count). The van der Waals surface area contributed by atoms with E-state index in [1.807, 2.05) is 31.1 Å². The Morgan fingerprint density at radius 2 is 2.14 bits per heavy atom. The summed E-state index contributed by atoms with van der Waals surface area (Å²) >= 11 is 2.97. The van der Waals surface area contributed by atoms with Crippen molar-refractivity contribution >= 4 is 45.5 Å². The first-order valence-corrected chi connectivity index (χ1v) is 8.07. The quantitative estimate of drug-likeness (QED) is 0.843. The number of anilines is 3. The zero-order valence-corrected chi connectivity index (χ0v) is 13.3. The summed E-state index contributed by atoms with van der Waals surface area (Å²) in [7, 11) is 3.86. The van der Waals surface area contributed by atoms with E-state index in [1.165, 1.54) is 23.1 Å². The molecule has 1 aliphatic heterocycles. The van der Waals surface area contributed by atoms with Crippen molar-refractivity contribution in [3.05, 3.63) is 17.7 Å². The molecular weight excluding hydrogens is 306 g/mol. The monoisotopic (exact) mass is 321 g/mol. The van der Waals surface area contributed by atoms with Crippen LogP contribution in [0.5, 0.6) is 0 Å². The Hall–Kier alpha value is -1.80. The lowest BCUT2D eigenvalue weighted by atomic mass is 10.0. The van der Waals surface area contributed by atoms with Gasteiger partial charge in [-0.3, -0.25) is 4.79 Å². The first-order chi connectivity index (χ1) is 10.0. The largest absolute Gasteiger partial charge is 0.398 e. The number of nitrogens with one attached hydrogen (secondary N) is 1. The molecule has 0 bridgehead atoms. The highest BCUT2D eigenvalue weighted by Gasteiger charge is 2.18. The van der Waals surface area contributed by atoms with Crippen LogP contribution in [0.25, 0.3) is 0 Å². The van der Waals surface area contributed by atoms with E-state index in [9.17, 15) is 4.79 Å². The molecule has 0 fully saturated rings. The zero-order chi connectivity index (χ0) is 15.0. The van der Waals surface area contributed by atoms with Crippen LogP contribution in [0.3, 0.4) is 0 Å². The van der Waals surface area contributed by atoms with Crippen LogP contribution in [-0.4, -0.2) is 30.2 Å². The van der Waals surface area contributed by atoms with E-state index < -0.39 is 0 Å². The first-order valence-electron chi connectivity index (χ1n) is 6.44. The summed E-state index contributed by atoms with van der Waals surface area (Å²) in [6.07, 6.45) is 1.25. The highest BCUT2D eigenvalue weighted by molar-refractivity contribution is 8.01. The van der Waals surface area contributed by atoms with Gasteiger partial charge >= 0.3 is 0 Å². The maximum absolute atomic E-state index is 11.5. The van der Waals surface area contributed by atoms with Gasteiger partial charge in [0, 0.05) is 36.8 Å². The van der Waals surface area contributed by atoms with Crippen molar-refractivity contribution in [2.24, 2.45) is 0 Å². The molecule has 8 heteroatoms. The molecule has 0 saturated heterocycles. The SMILES string of the molecule is CN(C)c1nnc(Sc2cc3c(cc2N)CCC(=O)N3)s1. The number of rotatable bonds is 3. The number of amides is 1. The minimum Gasteiger partial charge on any atom is -0.398 e. The Kier molecular flexibility index (Phi) is 3.73. The Labute approximate surface area is 130 Å². The van der Waals surface area contributed by atoms with Gasteiger partial charge in [0.15, 0.2) is 4.34 Å². The van der Waals surface area contributed by atoms with E-state index in [2.05, 4.69) is 15.5 Å². The van der Waals surface area contributed by atoms with Crippen LogP contribution in [0.15, 0.2) is 21.4 Å². The summed E-state index contributed by atoms with van der Waals surface area (Å²) in [5.74, 6) is 0.0500. The first kappa shape index (κ1) is 14.2. The van der Waals surface area contributed by atoms with Gasteiger partial charge in [0.05, 0.1) is 0 Å². The van der Waals surface area contributed by atoms with Crippen molar-refractivity contribution in [3.8, 4) is 0 Å². The highest BCUT2D eigenvalue weighted by Crippen LogP contribution is 2.39. The molecule has 1 amide bonds. The Bertz CT molecular complexity index is 698. The summed E-state index contributed by atoms with van der Waals surface area (Å²) in [6.45, 7) is 0. The van der Waals surface area contributed by atoms with Gasteiger partial charge in [0.1, 0.15) is 0 Å². The number of carbonyl (C=O) groups excluding carboxylic acids is 1. The maximum atomic E-state index is 11.5. The lowest BCUT2D eigenvalue weighted by Crippen LogP contribution is -2.19. The van der Waals surface area contributed by atoms with Gasteiger partial charge in [-0.1, -0.05) is 23.1 Å². The number of hydrogen-bond acceptors (Lipinski definition) is 7. The standard InChI is InChI=1S/C13H15N5OS2/c1-18(2)12-16-17-13(21-12)20-10-6-9-7(5-8(10)14)3-4-11(19)15-9/h5-6H,3-4,14H2,1-2H3,(H,15,19). The summed E-state index contributed by atoms with van der Waals surface area (Å²) in [5.41, 5.74) is 8.74. The third-order valence-electron chi connectivity index (χ3n) is 3.11. The Morgan fingerprint density at radius 1 is 1.33 bits per heavy atom. The van der Waals surface area contributed by atoms with Gasteiger partial charge in [-0.2, -0.15) is 0 Å². The fourth-order valence-corrected chi connectivity index (χ4v) is 3.82. The van der Waals surface area contributed by atoms with Crippen LogP contribution in [0.2, 0.25) is 0 Å². The normalized spacial score (nSPS) is 13.7. The van der Waals surface area contributed by atoms with Gasteiger partial charge in [-0.05, 0) is 24.1 Å². The van der Waals surface area contributed by atoms with Crippen LogP contribution in [0, 0.1) is 0 Å². The molecule has 2 heterocycles. The molecular formula is C13H15N5OS2. The Morgan fingerprint density at radius 3 is 2.86 bits per heavy atom. The molecule has 0 aliphatic carbocycles.